The molecule has 0 atom stereocenters. The van der Waals surface area contributed by atoms with Gasteiger partial charge in [-0.2, -0.15) is 0 Å². The van der Waals surface area contributed by atoms with Crippen molar-refractivity contribution in [3.05, 3.63) is 59.8 Å². The first-order valence-electron chi connectivity index (χ1n) is 5.09. The van der Waals surface area contributed by atoms with E-state index in [1.165, 1.54) is 12.2 Å². The fourth-order valence-corrected chi connectivity index (χ4v) is 1.35. The van der Waals surface area contributed by atoms with Crippen molar-refractivity contribution >= 4 is 0 Å². The fourth-order valence-electron chi connectivity index (χ4n) is 1.35. The highest BCUT2D eigenvalue weighted by molar-refractivity contribution is 5.31. The topological polar surface area (TPSA) is 22.1 Å². The standard InChI is InChI=1S/C13H12FNO/c1-10-4-3-9-15-13(10)16-12-6-2-5-11(14)7-8-12/h3-9H,2H2,1H3. The molecule has 1 aliphatic carbocycles. The zero-order valence-corrected chi connectivity index (χ0v) is 8.98. The SMILES string of the molecule is Cc1cccnc1OC1=CCC=C(F)C=C1. The van der Waals surface area contributed by atoms with E-state index < -0.39 is 0 Å². The molecule has 2 nitrogen and oxygen atoms in total. The molecule has 3 heteroatoms. The van der Waals surface area contributed by atoms with E-state index in [1.54, 1.807) is 12.3 Å². The number of halogens is 1. The van der Waals surface area contributed by atoms with Crippen molar-refractivity contribution in [1.29, 1.82) is 0 Å². The number of hydrogen-bond donors (Lipinski definition) is 0. The number of allylic oxidation sites excluding steroid dienone is 5. The van der Waals surface area contributed by atoms with Crippen LogP contribution in [0.4, 0.5) is 4.39 Å². The Hall–Kier alpha value is -1.90. The summed E-state index contributed by atoms with van der Waals surface area (Å²) >= 11 is 0. The lowest BCUT2D eigenvalue weighted by molar-refractivity contribution is 0.421. The quantitative estimate of drug-likeness (QED) is 0.756. The van der Waals surface area contributed by atoms with E-state index in [1.807, 2.05) is 25.1 Å². The van der Waals surface area contributed by atoms with Crippen LogP contribution in [-0.2, 0) is 0 Å². The Morgan fingerprint density at radius 3 is 3.00 bits per heavy atom. The first-order valence-corrected chi connectivity index (χ1v) is 5.09. The third-order valence-electron chi connectivity index (χ3n) is 2.21. The van der Waals surface area contributed by atoms with Crippen molar-refractivity contribution in [2.75, 3.05) is 0 Å². The third-order valence-corrected chi connectivity index (χ3v) is 2.21. The number of pyridine rings is 1. The molecule has 0 amide bonds. The molecule has 0 bridgehead atoms. The first-order chi connectivity index (χ1) is 7.75. The second-order valence-electron chi connectivity index (χ2n) is 3.49. The summed E-state index contributed by atoms with van der Waals surface area (Å²) in [4.78, 5) is 4.11. The lowest BCUT2D eigenvalue weighted by atomic mass is 10.3. The summed E-state index contributed by atoms with van der Waals surface area (Å²) in [6.45, 7) is 1.92. The lowest BCUT2D eigenvalue weighted by Gasteiger charge is -2.06. The molecule has 0 unspecified atom stereocenters. The molecular formula is C13H12FNO. The molecular weight excluding hydrogens is 205 g/mol. The van der Waals surface area contributed by atoms with E-state index in [-0.39, 0.29) is 5.83 Å². The maximum atomic E-state index is 12.9. The van der Waals surface area contributed by atoms with Gasteiger partial charge in [0.25, 0.3) is 0 Å². The van der Waals surface area contributed by atoms with Crippen molar-refractivity contribution in [1.82, 2.24) is 4.98 Å². The minimum Gasteiger partial charge on any atom is -0.439 e. The van der Waals surface area contributed by atoms with Gasteiger partial charge < -0.3 is 4.74 Å². The molecule has 0 aromatic carbocycles. The molecule has 0 spiro atoms. The minimum absolute atomic E-state index is 0.243. The number of rotatable bonds is 2. The molecule has 0 saturated carbocycles. The molecule has 0 fully saturated rings. The molecule has 16 heavy (non-hydrogen) atoms. The highest BCUT2D eigenvalue weighted by Gasteiger charge is 2.04. The van der Waals surface area contributed by atoms with Gasteiger partial charge in [-0.3, -0.25) is 0 Å². The highest BCUT2D eigenvalue weighted by Crippen LogP contribution is 2.18. The van der Waals surface area contributed by atoms with Crippen molar-refractivity contribution in [2.45, 2.75) is 13.3 Å². The van der Waals surface area contributed by atoms with Gasteiger partial charge in [0.1, 0.15) is 11.6 Å². The monoisotopic (exact) mass is 217 g/mol. The summed E-state index contributed by atoms with van der Waals surface area (Å²) in [5.74, 6) is 0.930. The Labute approximate surface area is 93.8 Å². The Bertz CT molecular complexity index is 475. The zero-order chi connectivity index (χ0) is 11.4. The van der Waals surface area contributed by atoms with Gasteiger partial charge in [0.2, 0.25) is 5.88 Å². The van der Waals surface area contributed by atoms with Gasteiger partial charge in [-0.1, -0.05) is 6.07 Å². The molecule has 0 aliphatic heterocycles. The second-order valence-corrected chi connectivity index (χ2v) is 3.49. The van der Waals surface area contributed by atoms with E-state index in [9.17, 15) is 4.39 Å². The molecule has 0 saturated heterocycles. The first kappa shape index (κ1) is 10.6. The number of aryl methyl sites for hydroxylation is 1. The Morgan fingerprint density at radius 2 is 2.19 bits per heavy atom. The molecule has 1 heterocycles. The third kappa shape index (κ3) is 2.57. The number of nitrogens with zero attached hydrogens (tertiary/aromatic N) is 1. The van der Waals surface area contributed by atoms with Crippen molar-refractivity contribution in [3.8, 4) is 5.88 Å². The van der Waals surface area contributed by atoms with E-state index in [0.29, 0.717) is 18.1 Å². The maximum absolute atomic E-state index is 12.9. The molecule has 0 N–H and O–H groups in total. The van der Waals surface area contributed by atoms with E-state index in [4.69, 9.17) is 4.74 Å². The summed E-state index contributed by atoms with van der Waals surface area (Å²) in [5.41, 5.74) is 0.953. The van der Waals surface area contributed by atoms with Crippen LogP contribution in [-0.4, -0.2) is 4.98 Å². The summed E-state index contributed by atoms with van der Waals surface area (Å²) in [7, 11) is 0. The van der Waals surface area contributed by atoms with Crippen LogP contribution in [0.5, 0.6) is 5.88 Å². The van der Waals surface area contributed by atoms with Gasteiger partial charge in [0, 0.05) is 11.8 Å². The average Bonchev–Trinajstić information content (AvgIpc) is 2.47. The van der Waals surface area contributed by atoms with Crippen molar-refractivity contribution in [3.63, 3.8) is 0 Å². The van der Waals surface area contributed by atoms with Crippen molar-refractivity contribution < 1.29 is 9.13 Å². The predicted octanol–water partition coefficient (Wildman–Crippen LogP) is 3.47. The van der Waals surface area contributed by atoms with Crippen molar-refractivity contribution in [2.24, 2.45) is 0 Å². The second kappa shape index (κ2) is 4.75. The van der Waals surface area contributed by atoms with Crippen LogP contribution in [0.15, 0.2) is 54.2 Å². The fraction of sp³-hybridized carbons (Fsp3) is 0.154. The minimum atomic E-state index is -0.243. The average molecular weight is 217 g/mol. The number of hydrogen-bond acceptors (Lipinski definition) is 2. The Balaban J connectivity index is 2.15. The number of aromatic nitrogens is 1. The molecule has 1 aromatic heterocycles. The summed E-state index contributed by atoms with van der Waals surface area (Å²) in [6, 6.07) is 3.77. The van der Waals surface area contributed by atoms with Crippen LogP contribution < -0.4 is 4.74 Å². The number of ether oxygens (including phenoxy) is 1. The maximum Gasteiger partial charge on any atom is 0.222 e. The van der Waals surface area contributed by atoms with E-state index in [0.717, 1.165) is 5.56 Å². The molecule has 0 radical (unpaired) electrons. The van der Waals surface area contributed by atoms with Crippen LogP contribution in [0.3, 0.4) is 0 Å². The normalized spacial score (nSPS) is 15.1. The van der Waals surface area contributed by atoms with Crippen LogP contribution in [0.25, 0.3) is 0 Å². The van der Waals surface area contributed by atoms with Gasteiger partial charge in [0.15, 0.2) is 0 Å². The smallest absolute Gasteiger partial charge is 0.222 e. The summed E-state index contributed by atoms with van der Waals surface area (Å²) < 4.78 is 18.5. The van der Waals surface area contributed by atoms with E-state index in [2.05, 4.69) is 4.98 Å². The van der Waals surface area contributed by atoms with Gasteiger partial charge in [0.05, 0.1) is 0 Å². The molecule has 82 valence electrons. The molecule has 1 aromatic rings. The van der Waals surface area contributed by atoms with Gasteiger partial charge in [-0.15, -0.1) is 0 Å². The molecule has 1 aliphatic rings. The zero-order valence-electron chi connectivity index (χ0n) is 8.98. The summed E-state index contributed by atoms with van der Waals surface area (Å²) in [6.07, 6.45) is 8.50. The van der Waals surface area contributed by atoms with Gasteiger partial charge in [-0.05, 0) is 43.7 Å². The van der Waals surface area contributed by atoms with Crippen LogP contribution in [0, 0.1) is 6.92 Å². The Kier molecular flexibility index (Phi) is 3.15. The summed E-state index contributed by atoms with van der Waals surface area (Å²) in [5, 5.41) is 0. The molecule has 2 rings (SSSR count). The lowest BCUT2D eigenvalue weighted by Crippen LogP contribution is -1.96. The van der Waals surface area contributed by atoms with Crippen LogP contribution in [0.2, 0.25) is 0 Å². The Morgan fingerprint density at radius 1 is 1.31 bits per heavy atom. The largest absolute Gasteiger partial charge is 0.439 e. The van der Waals surface area contributed by atoms with Crippen LogP contribution in [0.1, 0.15) is 12.0 Å². The van der Waals surface area contributed by atoms with Gasteiger partial charge in [-0.25, -0.2) is 9.37 Å². The van der Waals surface area contributed by atoms with E-state index >= 15 is 0 Å². The van der Waals surface area contributed by atoms with Gasteiger partial charge >= 0.3 is 0 Å². The predicted molar refractivity (Wildman–Crippen MR) is 60.6 cm³/mol. The van der Waals surface area contributed by atoms with Crippen LogP contribution >= 0.6 is 0 Å². The highest BCUT2D eigenvalue weighted by atomic mass is 19.1.